The second kappa shape index (κ2) is 18.9. The number of hydrogen-bond acceptors (Lipinski definition) is 2. The topological polar surface area (TPSA) is 42.2 Å². The molecule has 34 heavy (non-hydrogen) atoms. The molecule has 0 atom stereocenters. The lowest BCUT2D eigenvalue weighted by molar-refractivity contribution is -0.671. The number of nitrogens with one attached hydrogen (secondary N) is 1. The summed E-state index contributed by atoms with van der Waals surface area (Å²) >= 11 is 6.39. The van der Waals surface area contributed by atoms with Crippen LogP contribution in [0.4, 0.5) is 0 Å². The molecule has 0 saturated carbocycles. The molecule has 1 aromatic heterocycles. The van der Waals surface area contributed by atoms with Crippen LogP contribution < -0.4 is 38.6 Å². The molecule has 0 radical (unpaired) electrons. The minimum absolute atomic E-state index is 0. The van der Waals surface area contributed by atoms with Gasteiger partial charge in [-0.2, -0.15) is 0 Å². The number of carbonyl (C=O) groups excluding carboxylic acids is 1. The molecule has 0 spiro atoms. The lowest BCUT2D eigenvalue weighted by atomic mass is 10.1. The zero-order chi connectivity index (χ0) is 23.7. The van der Waals surface area contributed by atoms with E-state index in [1.165, 1.54) is 70.6 Å². The lowest BCUT2D eigenvalue weighted by Crippen LogP contribution is -3.00. The molecule has 190 valence electrons. The standard InChI is InChI=1S/C28H41ClN2O2.HI/c1-3-4-5-6-7-8-9-10-11-12-13-14-21-33-27-16-15-24(22-26(27)29)23-30-28(32)25-17-19-31(2)20-18-25;/h15-20,22H,3-14,21,23H2,1-2H3;1H. The van der Waals surface area contributed by atoms with E-state index < -0.39 is 0 Å². The van der Waals surface area contributed by atoms with Crippen LogP contribution in [-0.2, 0) is 13.6 Å². The van der Waals surface area contributed by atoms with E-state index in [0.29, 0.717) is 29.5 Å². The summed E-state index contributed by atoms with van der Waals surface area (Å²) in [5, 5.41) is 3.52. The fourth-order valence-electron chi connectivity index (χ4n) is 3.83. The molecule has 1 amide bonds. The maximum absolute atomic E-state index is 12.3. The van der Waals surface area contributed by atoms with E-state index in [-0.39, 0.29) is 29.9 Å². The molecule has 0 saturated heterocycles. The fourth-order valence-corrected chi connectivity index (χ4v) is 4.09. The Bertz CT molecular complexity index is 815. The average molecular weight is 601 g/mol. The fraction of sp³-hybridized carbons (Fsp3) is 0.571. The van der Waals surface area contributed by atoms with Gasteiger partial charge >= 0.3 is 0 Å². The van der Waals surface area contributed by atoms with Gasteiger partial charge in [0, 0.05) is 18.7 Å². The molecule has 2 rings (SSSR count). The molecule has 0 bridgehead atoms. The molecule has 1 heterocycles. The van der Waals surface area contributed by atoms with Gasteiger partial charge in [-0.25, -0.2) is 4.57 Å². The molecule has 0 unspecified atom stereocenters. The minimum atomic E-state index is -0.0981. The number of aryl methyl sites for hydroxylation is 1. The van der Waals surface area contributed by atoms with Crippen molar-refractivity contribution in [3.8, 4) is 5.75 Å². The van der Waals surface area contributed by atoms with Crippen molar-refractivity contribution in [1.82, 2.24) is 5.32 Å². The highest BCUT2D eigenvalue weighted by molar-refractivity contribution is 6.32. The number of rotatable bonds is 17. The zero-order valence-electron chi connectivity index (χ0n) is 21.0. The van der Waals surface area contributed by atoms with Crippen LogP contribution in [0.1, 0.15) is 99.9 Å². The highest BCUT2D eigenvalue weighted by atomic mass is 127. The molecule has 1 aromatic carbocycles. The third kappa shape index (κ3) is 12.9. The molecular weight excluding hydrogens is 559 g/mol. The van der Waals surface area contributed by atoms with E-state index in [2.05, 4.69) is 12.2 Å². The van der Waals surface area contributed by atoms with Crippen molar-refractivity contribution in [3.05, 3.63) is 58.9 Å². The predicted molar refractivity (Wildman–Crippen MR) is 137 cm³/mol. The monoisotopic (exact) mass is 600 g/mol. The van der Waals surface area contributed by atoms with Crippen LogP contribution >= 0.6 is 11.6 Å². The van der Waals surface area contributed by atoms with Crippen molar-refractivity contribution in [2.45, 2.75) is 90.5 Å². The van der Waals surface area contributed by atoms with Crippen LogP contribution in [0, 0.1) is 0 Å². The summed E-state index contributed by atoms with van der Waals surface area (Å²) in [6.07, 6.45) is 19.7. The molecule has 2 aromatic rings. The second-order valence-corrected chi connectivity index (χ2v) is 9.34. The van der Waals surface area contributed by atoms with Gasteiger partial charge in [-0.05, 0) is 24.1 Å². The number of carbonyl (C=O) groups is 1. The molecule has 6 heteroatoms. The summed E-state index contributed by atoms with van der Waals surface area (Å²) in [6.45, 7) is 3.39. The number of nitrogens with zero attached hydrogens (tertiary/aromatic N) is 1. The Hall–Kier alpha value is -1.34. The number of hydrogen-bond donors (Lipinski definition) is 1. The zero-order valence-corrected chi connectivity index (χ0v) is 23.9. The largest absolute Gasteiger partial charge is 1.00 e. The van der Waals surface area contributed by atoms with Crippen LogP contribution in [0.3, 0.4) is 0 Å². The molecule has 0 fully saturated rings. The molecule has 0 aliphatic heterocycles. The summed E-state index contributed by atoms with van der Waals surface area (Å²) in [7, 11) is 1.92. The Morgan fingerprint density at radius 2 is 1.44 bits per heavy atom. The van der Waals surface area contributed by atoms with E-state index in [1.807, 2.05) is 42.2 Å². The van der Waals surface area contributed by atoms with Crippen molar-refractivity contribution in [2.75, 3.05) is 6.61 Å². The van der Waals surface area contributed by atoms with Gasteiger partial charge < -0.3 is 34.0 Å². The summed E-state index contributed by atoms with van der Waals surface area (Å²) in [6, 6.07) is 9.32. The molecule has 1 N–H and O–H groups in total. The van der Waals surface area contributed by atoms with E-state index in [0.717, 1.165) is 12.0 Å². The van der Waals surface area contributed by atoms with Crippen LogP contribution in [0.25, 0.3) is 0 Å². The number of benzene rings is 1. The van der Waals surface area contributed by atoms with Crippen LogP contribution in [0.2, 0.25) is 5.02 Å². The normalized spacial score (nSPS) is 10.6. The number of amides is 1. The van der Waals surface area contributed by atoms with Gasteiger partial charge in [0.1, 0.15) is 12.8 Å². The summed E-state index contributed by atoms with van der Waals surface area (Å²) in [5.74, 6) is 0.615. The van der Waals surface area contributed by atoms with Crippen molar-refractivity contribution in [1.29, 1.82) is 0 Å². The molecule has 4 nitrogen and oxygen atoms in total. The third-order valence-corrected chi connectivity index (χ3v) is 6.24. The number of unbranched alkanes of at least 4 members (excludes halogenated alkanes) is 11. The Labute approximate surface area is 228 Å². The molecular formula is C28H42ClIN2O2. The van der Waals surface area contributed by atoms with E-state index >= 15 is 0 Å². The summed E-state index contributed by atoms with van der Waals surface area (Å²) in [4.78, 5) is 12.3. The average Bonchev–Trinajstić information content (AvgIpc) is 2.82. The third-order valence-electron chi connectivity index (χ3n) is 5.95. The van der Waals surface area contributed by atoms with Gasteiger partial charge in [-0.3, -0.25) is 4.79 Å². The van der Waals surface area contributed by atoms with Crippen LogP contribution in [-0.4, -0.2) is 12.5 Å². The Morgan fingerprint density at radius 1 is 0.882 bits per heavy atom. The van der Waals surface area contributed by atoms with Crippen molar-refractivity contribution < 1.29 is 38.1 Å². The van der Waals surface area contributed by atoms with Gasteiger partial charge in [0.2, 0.25) is 0 Å². The van der Waals surface area contributed by atoms with Crippen molar-refractivity contribution in [3.63, 3.8) is 0 Å². The quantitative estimate of drug-likeness (QED) is 0.168. The van der Waals surface area contributed by atoms with Crippen molar-refractivity contribution >= 4 is 17.5 Å². The Kier molecular flexibility index (Phi) is 17.1. The maximum Gasteiger partial charge on any atom is 0.252 e. The first-order valence-corrected chi connectivity index (χ1v) is 13.1. The van der Waals surface area contributed by atoms with Crippen LogP contribution in [0.15, 0.2) is 42.7 Å². The van der Waals surface area contributed by atoms with Gasteiger partial charge in [0.15, 0.2) is 12.4 Å². The van der Waals surface area contributed by atoms with Gasteiger partial charge in [-0.15, -0.1) is 0 Å². The van der Waals surface area contributed by atoms with E-state index in [9.17, 15) is 4.79 Å². The summed E-state index contributed by atoms with van der Waals surface area (Å²) < 4.78 is 7.76. The van der Waals surface area contributed by atoms with E-state index in [1.54, 1.807) is 12.1 Å². The second-order valence-electron chi connectivity index (χ2n) is 8.94. The maximum atomic E-state index is 12.3. The Morgan fingerprint density at radius 3 is 2.00 bits per heavy atom. The van der Waals surface area contributed by atoms with Gasteiger partial charge in [0.05, 0.1) is 17.2 Å². The SMILES string of the molecule is CCCCCCCCCCCCCCOc1ccc(CNC(=O)c2cc[n+](C)cc2)cc1Cl.[I-]. The predicted octanol–water partition coefficient (Wildman–Crippen LogP) is 4.18. The van der Waals surface area contributed by atoms with Gasteiger partial charge in [0.25, 0.3) is 5.91 Å². The first-order valence-electron chi connectivity index (χ1n) is 12.7. The number of halogens is 2. The highest BCUT2D eigenvalue weighted by Crippen LogP contribution is 2.26. The lowest BCUT2D eigenvalue weighted by Gasteiger charge is -2.10. The van der Waals surface area contributed by atoms with Crippen molar-refractivity contribution in [2.24, 2.45) is 7.05 Å². The number of aromatic nitrogens is 1. The Balaban J connectivity index is 0.00000578. The number of pyridine rings is 1. The highest BCUT2D eigenvalue weighted by Gasteiger charge is 2.08. The molecule has 0 aliphatic rings. The smallest absolute Gasteiger partial charge is 0.252 e. The summed E-state index contributed by atoms with van der Waals surface area (Å²) in [5.41, 5.74) is 1.59. The van der Waals surface area contributed by atoms with E-state index in [4.69, 9.17) is 16.3 Å². The minimum Gasteiger partial charge on any atom is -1.00 e. The molecule has 0 aliphatic carbocycles. The number of ether oxygens (including phenoxy) is 1. The van der Waals surface area contributed by atoms with Crippen LogP contribution in [0.5, 0.6) is 5.75 Å². The van der Waals surface area contributed by atoms with Gasteiger partial charge in [-0.1, -0.05) is 95.2 Å². The first-order chi connectivity index (χ1) is 16.1. The first kappa shape index (κ1) is 30.7.